The summed E-state index contributed by atoms with van der Waals surface area (Å²) in [5.74, 6) is 0.855. The summed E-state index contributed by atoms with van der Waals surface area (Å²) in [6.45, 7) is 0.771. The number of anilines is 2. The van der Waals surface area contributed by atoms with Crippen LogP contribution in [0.2, 0.25) is 0 Å². The van der Waals surface area contributed by atoms with E-state index in [9.17, 15) is 13.2 Å². The number of alkyl halides is 3. The zero-order valence-electron chi connectivity index (χ0n) is 18.3. The van der Waals surface area contributed by atoms with Crippen LogP contribution in [0.5, 0.6) is 5.75 Å². The van der Waals surface area contributed by atoms with Gasteiger partial charge >= 0.3 is 6.18 Å². The fourth-order valence-corrected chi connectivity index (χ4v) is 3.01. The molecule has 3 rings (SSSR count). The van der Waals surface area contributed by atoms with Gasteiger partial charge in [0.05, 0.1) is 42.8 Å². The summed E-state index contributed by atoms with van der Waals surface area (Å²) in [5, 5.41) is 3.10. The highest BCUT2D eigenvalue weighted by Crippen LogP contribution is 2.28. The van der Waals surface area contributed by atoms with E-state index in [4.69, 9.17) is 9.47 Å². The van der Waals surface area contributed by atoms with Gasteiger partial charge in [-0.3, -0.25) is 0 Å². The molecule has 0 saturated heterocycles. The van der Waals surface area contributed by atoms with Gasteiger partial charge in [-0.25, -0.2) is 15.0 Å². The smallest absolute Gasteiger partial charge is 0.411 e. The van der Waals surface area contributed by atoms with Gasteiger partial charge in [0.2, 0.25) is 5.95 Å². The molecule has 11 heteroatoms. The lowest BCUT2D eigenvalue weighted by Crippen LogP contribution is -2.18. The number of nitrogens with one attached hydrogen (secondary N) is 1. The summed E-state index contributed by atoms with van der Waals surface area (Å²) < 4.78 is 49.4. The molecule has 2 aromatic heterocycles. The Kier molecular flexibility index (Phi) is 7.31. The Bertz CT molecular complexity index is 1050. The first-order chi connectivity index (χ1) is 15.1. The molecule has 0 radical (unpaired) electrons. The van der Waals surface area contributed by atoms with Crippen LogP contribution in [-0.2, 0) is 17.9 Å². The maximum absolute atomic E-state index is 12.4. The number of nitrogens with zero attached hydrogens (tertiary/aromatic N) is 5. The standard InChI is InChI=1S/C21H25F3N6O2/c1-14-9-30(13-25-14)18-6-5-15(8-19(18)31-4)26-20-27-16(10-29(2)3)7-17(28-20)11-32-12-21(22,23)24/h5-9,13H,10-12H2,1-4H3,(H,26,27,28). The Labute approximate surface area is 184 Å². The van der Waals surface area contributed by atoms with Crippen LogP contribution in [0.15, 0.2) is 36.8 Å². The SMILES string of the molecule is COc1cc(Nc2nc(COCC(F)(F)F)cc(CN(C)C)n2)ccc1-n1cnc(C)c1. The first-order valence-electron chi connectivity index (χ1n) is 9.75. The van der Waals surface area contributed by atoms with Gasteiger partial charge < -0.3 is 24.3 Å². The number of hydrogen-bond acceptors (Lipinski definition) is 7. The lowest BCUT2D eigenvalue weighted by molar-refractivity contribution is -0.176. The van der Waals surface area contributed by atoms with E-state index in [1.54, 1.807) is 25.6 Å². The molecule has 0 unspecified atom stereocenters. The second kappa shape index (κ2) is 9.96. The number of imidazole rings is 1. The Morgan fingerprint density at radius 1 is 1.12 bits per heavy atom. The summed E-state index contributed by atoms with van der Waals surface area (Å²) in [6.07, 6.45) is -0.819. The Hall–Kier alpha value is -3.18. The molecule has 0 bridgehead atoms. The van der Waals surface area contributed by atoms with Crippen LogP contribution in [0.4, 0.5) is 24.8 Å². The fraction of sp³-hybridized carbons (Fsp3) is 0.381. The summed E-state index contributed by atoms with van der Waals surface area (Å²) in [4.78, 5) is 14.9. The Morgan fingerprint density at radius 3 is 2.50 bits per heavy atom. The van der Waals surface area contributed by atoms with E-state index in [-0.39, 0.29) is 12.6 Å². The van der Waals surface area contributed by atoms with Crippen LogP contribution >= 0.6 is 0 Å². The van der Waals surface area contributed by atoms with Crippen molar-refractivity contribution in [2.24, 2.45) is 0 Å². The second-order valence-corrected chi connectivity index (χ2v) is 7.45. The molecular formula is C21H25F3N6O2. The minimum Gasteiger partial charge on any atom is -0.494 e. The van der Waals surface area contributed by atoms with Gasteiger partial charge in [-0.05, 0) is 39.2 Å². The van der Waals surface area contributed by atoms with Crippen molar-refractivity contribution in [3.8, 4) is 11.4 Å². The first-order valence-corrected chi connectivity index (χ1v) is 9.75. The molecule has 0 aliphatic heterocycles. The molecule has 0 spiro atoms. The predicted octanol–water partition coefficient (Wildman–Crippen LogP) is 3.86. The average Bonchev–Trinajstić information content (AvgIpc) is 3.12. The Morgan fingerprint density at radius 2 is 1.88 bits per heavy atom. The van der Waals surface area contributed by atoms with Gasteiger partial charge in [0.1, 0.15) is 12.4 Å². The van der Waals surface area contributed by atoms with Gasteiger partial charge in [-0.2, -0.15) is 13.2 Å². The van der Waals surface area contributed by atoms with Gasteiger partial charge in [0, 0.05) is 24.5 Å². The van der Waals surface area contributed by atoms with Crippen molar-refractivity contribution in [2.45, 2.75) is 26.3 Å². The summed E-state index contributed by atoms with van der Waals surface area (Å²) in [6, 6.07) is 7.10. The van der Waals surface area contributed by atoms with E-state index in [1.807, 2.05) is 48.8 Å². The van der Waals surface area contributed by atoms with E-state index in [2.05, 4.69) is 20.3 Å². The highest BCUT2D eigenvalue weighted by Gasteiger charge is 2.27. The molecule has 0 aliphatic carbocycles. The molecule has 0 aliphatic rings. The van der Waals surface area contributed by atoms with Gasteiger partial charge in [0.15, 0.2) is 0 Å². The van der Waals surface area contributed by atoms with Crippen LogP contribution in [0.3, 0.4) is 0 Å². The molecule has 1 aromatic carbocycles. The molecule has 0 fully saturated rings. The van der Waals surface area contributed by atoms with Crippen LogP contribution in [0, 0.1) is 6.92 Å². The third-order valence-corrected chi connectivity index (χ3v) is 4.25. The van der Waals surface area contributed by atoms with Gasteiger partial charge in [-0.1, -0.05) is 0 Å². The van der Waals surface area contributed by atoms with Crippen molar-refractivity contribution in [1.29, 1.82) is 0 Å². The predicted molar refractivity (Wildman–Crippen MR) is 113 cm³/mol. The number of aryl methyl sites for hydroxylation is 1. The molecule has 0 amide bonds. The van der Waals surface area contributed by atoms with E-state index in [0.717, 1.165) is 11.4 Å². The maximum atomic E-state index is 12.4. The minimum atomic E-state index is -4.40. The van der Waals surface area contributed by atoms with E-state index >= 15 is 0 Å². The molecular weight excluding hydrogens is 425 g/mol. The zero-order valence-corrected chi connectivity index (χ0v) is 18.3. The number of aromatic nitrogens is 4. The fourth-order valence-electron chi connectivity index (χ4n) is 3.01. The van der Waals surface area contributed by atoms with Crippen molar-refractivity contribution in [2.75, 3.05) is 33.1 Å². The molecule has 2 heterocycles. The van der Waals surface area contributed by atoms with Crippen molar-refractivity contribution >= 4 is 11.6 Å². The first kappa shape index (κ1) is 23.5. The van der Waals surface area contributed by atoms with Crippen LogP contribution in [0.25, 0.3) is 5.69 Å². The number of ether oxygens (including phenoxy) is 2. The van der Waals surface area contributed by atoms with Crippen molar-refractivity contribution in [1.82, 2.24) is 24.4 Å². The van der Waals surface area contributed by atoms with Crippen molar-refractivity contribution in [3.05, 3.63) is 53.9 Å². The normalized spacial score (nSPS) is 11.8. The van der Waals surface area contributed by atoms with E-state index < -0.39 is 12.8 Å². The largest absolute Gasteiger partial charge is 0.494 e. The lowest BCUT2D eigenvalue weighted by atomic mass is 10.2. The van der Waals surface area contributed by atoms with Crippen LogP contribution in [-0.4, -0.2) is 58.4 Å². The number of rotatable bonds is 9. The maximum Gasteiger partial charge on any atom is 0.411 e. The quantitative estimate of drug-likeness (QED) is 0.530. The Balaban J connectivity index is 1.83. The van der Waals surface area contributed by atoms with E-state index in [1.165, 1.54) is 0 Å². The van der Waals surface area contributed by atoms with Crippen molar-refractivity contribution < 1.29 is 22.6 Å². The number of benzene rings is 1. The monoisotopic (exact) mass is 450 g/mol. The number of methoxy groups -OCH3 is 1. The topological polar surface area (TPSA) is 77.3 Å². The molecule has 0 atom stereocenters. The molecule has 8 nitrogen and oxygen atoms in total. The van der Waals surface area contributed by atoms with Crippen molar-refractivity contribution in [3.63, 3.8) is 0 Å². The molecule has 3 aromatic rings. The molecule has 32 heavy (non-hydrogen) atoms. The number of hydrogen-bond donors (Lipinski definition) is 1. The van der Waals surface area contributed by atoms with E-state index in [0.29, 0.717) is 29.4 Å². The molecule has 0 saturated carbocycles. The molecule has 172 valence electrons. The highest BCUT2D eigenvalue weighted by molar-refractivity contribution is 5.62. The summed E-state index contributed by atoms with van der Waals surface area (Å²) >= 11 is 0. The highest BCUT2D eigenvalue weighted by atomic mass is 19.4. The molecule has 1 N–H and O–H groups in total. The van der Waals surface area contributed by atoms with Crippen LogP contribution < -0.4 is 10.1 Å². The third-order valence-electron chi connectivity index (χ3n) is 4.25. The summed E-state index contributed by atoms with van der Waals surface area (Å²) in [5.41, 5.74) is 3.34. The zero-order chi connectivity index (χ0) is 23.3. The van der Waals surface area contributed by atoms with Crippen LogP contribution in [0.1, 0.15) is 17.1 Å². The number of halogens is 3. The van der Waals surface area contributed by atoms with Gasteiger partial charge in [-0.15, -0.1) is 0 Å². The third kappa shape index (κ3) is 6.66. The average molecular weight is 450 g/mol. The summed E-state index contributed by atoms with van der Waals surface area (Å²) in [7, 11) is 5.31. The van der Waals surface area contributed by atoms with Gasteiger partial charge in [0.25, 0.3) is 0 Å². The lowest BCUT2D eigenvalue weighted by Gasteiger charge is -2.15. The minimum absolute atomic E-state index is 0.253. The second-order valence-electron chi connectivity index (χ2n) is 7.45.